The first kappa shape index (κ1) is 14.0. The topological polar surface area (TPSA) is 89.7 Å². The van der Waals surface area contributed by atoms with Gasteiger partial charge < -0.3 is 9.26 Å². The van der Waals surface area contributed by atoms with Crippen molar-refractivity contribution in [3.8, 4) is 0 Å². The Labute approximate surface area is 125 Å². The third-order valence-corrected chi connectivity index (χ3v) is 3.22. The highest BCUT2D eigenvalue weighted by Gasteiger charge is 2.36. The lowest BCUT2D eigenvalue weighted by atomic mass is 10.1. The molecule has 0 spiro atoms. The Kier molecular flexibility index (Phi) is 3.46. The second-order valence-corrected chi connectivity index (χ2v) is 4.83. The Morgan fingerprint density at radius 2 is 2.09 bits per heavy atom. The van der Waals surface area contributed by atoms with Gasteiger partial charge in [-0.15, -0.1) is 0 Å². The fourth-order valence-electron chi connectivity index (χ4n) is 2.22. The number of aryl methyl sites for hydroxylation is 1. The number of aromatic nitrogens is 1. The van der Waals surface area contributed by atoms with E-state index >= 15 is 0 Å². The van der Waals surface area contributed by atoms with Gasteiger partial charge in [0.15, 0.2) is 0 Å². The Hall–Kier alpha value is -2.96. The second-order valence-electron chi connectivity index (χ2n) is 4.83. The molecular formula is C15H12N2O5. The first-order valence-corrected chi connectivity index (χ1v) is 6.59. The molecule has 0 fully saturated rings. The van der Waals surface area contributed by atoms with Gasteiger partial charge in [0.1, 0.15) is 24.6 Å². The predicted octanol–water partition coefficient (Wildman–Crippen LogP) is 1.26. The smallest absolute Gasteiger partial charge is 0.326 e. The third kappa shape index (κ3) is 2.48. The highest BCUT2D eigenvalue weighted by atomic mass is 16.5. The van der Waals surface area contributed by atoms with Crippen molar-refractivity contribution in [2.24, 2.45) is 0 Å². The van der Waals surface area contributed by atoms with Gasteiger partial charge in [0.2, 0.25) is 0 Å². The third-order valence-electron chi connectivity index (χ3n) is 3.22. The minimum atomic E-state index is -0.726. The summed E-state index contributed by atoms with van der Waals surface area (Å²) < 4.78 is 9.89. The lowest BCUT2D eigenvalue weighted by Gasteiger charge is -2.15. The molecule has 7 heteroatoms. The highest BCUT2D eigenvalue weighted by molar-refractivity contribution is 6.52. The van der Waals surface area contributed by atoms with Crippen LogP contribution in [0, 0.1) is 6.92 Å². The van der Waals surface area contributed by atoms with Gasteiger partial charge in [-0.05, 0) is 19.1 Å². The second kappa shape index (κ2) is 5.44. The molecule has 0 aliphatic carbocycles. The Balaban J connectivity index is 1.67. The number of Topliss-reactive ketones (excluding diaryl/α,β-unsaturated/α-hetero) is 1. The maximum Gasteiger partial charge on any atom is 0.326 e. The van der Waals surface area contributed by atoms with Crippen molar-refractivity contribution in [1.29, 1.82) is 0 Å². The van der Waals surface area contributed by atoms with Crippen LogP contribution >= 0.6 is 0 Å². The monoisotopic (exact) mass is 300 g/mol. The van der Waals surface area contributed by atoms with Crippen molar-refractivity contribution >= 4 is 23.3 Å². The van der Waals surface area contributed by atoms with E-state index in [1.165, 1.54) is 0 Å². The van der Waals surface area contributed by atoms with Crippen LogP contribution in [0.5, 0.6) is 0 Å². The van der Waals surface area contributed by atoms with Crippen LogP contribution in [0.25, 0.3) is 0 Å². The molecule has 1 aliphatic heterocycles. The molecule has 1 amide bonds. The largest absolute Gasteiger partial charge is 0.458 e. The van der Waals surface area contributed by atoms with Crippen molar-refractivity contribution in [1.82, 2.24) is 5.16 Å². The lowest BCUT2D eigenvalue weighted by molar-refractivity contribution is -0.144. The summed E-state index contributed by atoms with van der Waals surface area (Å²) >= 11 is 0. The number of esters is 1. The van der Waals surface area contributed by atoms with Gasteiger partial charge in [0.25, 0.3) is 11.7 Å². The number of hydrogen-bond donors (Lipinski definition) is 0. The van der Waals surface area contributed by atoms with Crippen LogP contribution in [-0.4, -0.2) is 29.4 Å². The number of fused-ring (bicyclic) bond motifs is 1. The number of para-hydroxylation sites is 1. The number of amides is 1. The van der Waals surface area contributed by atoms with Crippen LogP contribution in [0.4, 0.5) is 5.69 Å². The van der Waals surface area contributed by atoms with Gasteiger partial charge >= 0.3 is 5.97 Å². The SMILES string of the molecule is Cc1cc(COC(=O)CN2C(=O)C(=O)c3ccccc32)no1. The molecule has 0 N–H and O–H groups in total. The first-order valence-electron chi connectivity index (χ1n) is 6.59. The maximum atomic E-state index is 11.9. The molecule has 112 valence electrons. The van der Waals surface area contributed by atoms with Crippen LogP contribution in [0.2, 0.25) is 0 Å². The van der Waals surface area contributed by atoms with Crippen LogP contribution in [0.1, 0.15) is 21.8 Å². The zero-order valence-electron chi connectivity index (χ0n) is 11.7. The summed E-state index contributed by atoms with van der Waals surface area (Å²) in [4.78, 5) is 36.7. The zero-order valence-corrected chi connectivity index (χ0v) is 11.7. The minimum Gasteiger partial charge on any atom is -0.458 e. The van der Waals surface area contributed by atoms with Gasteiger partial charge in [-0.3, -0.25) is 19.3 Å². The van der Waals surface area contributed by atoms with Crippen molar-refractivity contribution < 1.29 is 23.6 Å². The molecule has 2 heterocycles. The van der Waals surface area contributed by atoms with Crippen molar-refractivity contribution in [3.05, 3.63) is 47.3 Å². The fraction of sp³-hybridized carbons (Fsp3) is 0.200. The number of benzene rings is 1. The van der Waals surface area contributed by atoms with Crippen LogP contribution < -0.4 is 4.90 Å². The van der Waals surface area contributed by atoms with E-state index in [0.29, 0.717) is 22.7 Å². The lowest BCUT2D eigenvalue weighted by Crippen LogP contribution is -2.35. The van der Waals surface area contributed by atoms with Crippen molar-refractivity contribution in [3.63, 3.8) is 0 Å². The molecule has 22 heavy (non-hydrogen) atoms. The molecule has 1 aliphatic rings. The average Bonchev–Trinajstić information content (AvgIpc) is 3.03. The number of carbonyl (C=O) groups excluding carboxylic acids is 3. The molecular weight excluding hydrogens is 288 g/mol. The maximum absolute atomic E-state index is 11.9. The van der Waals surface area contributed by atoms with Crippen LogP contribution in [0.15, 0.2) is 34.9 Å². The molecule has 7 nitrogen and oxygen atoms in total. The van der Waals surface area contributed by atoms with Crippen molar-refractivity contribution in [2.45, 2.75) is 13.5 Å². The van der Waals surface area contributed by atoms with E-state index in [-0.39, 0.29) is 13.2 Å². The number of ketones is 1. The van der Waals surface area contributed by atoms with E-state index in [2.05, 4.69) is 5.16 Å². The van der Waals surface area contributed by atoms with E-state index in [0.717, 1.165) is 4.90 Å². The number of anilines is 1. The zero-order chi connectivity index (χ0) is 15.7. The van der Waals surface area contributed by atoms with Crippen molar-refractivity contribution in [2.75, 3.05) is 11.4 Å². The molecule has 0 saturated heterocycles. The molecule has 0 unspecified atom stereocenters. The van der Waals surface area contributed by atoms with Gasteiger partial charge in [0.05, 0.1) is 11.3 Å². The molecule has 0 radical (unpaired) electrons. The molecule has 1 aromatic heterocycles. The highest BCUT2D eigenvalue weighted by Crippen LogP contribution is 2.28. The minimum absolute atomic E-state index is 0.0478. The number of ether oxygens (including phenoxy) is 1. The summed E-state index contributed by atoms with van der Waals surface area (Å²) in [5, 5.41) is 3.70. The van der Waals surface area contributed by atoms with Crippen LogP contribution in [-0.2, 0) is 20.9 Å². The van der Waals surface area contributed by atoms with E-state index in [9.17, 15) is 14.4 Å². The van der Waals surface area contributed by atoms with E-state index in [1.807, 2.05) is 0 Å². The summed E-state index contributed by atoms with van der Waals surface area (Å²) in [7, 11) is 0. The number of carbonyl (C=O) groups is 3. The number of rotatable bonds is 4. The Morgan fingerprint density at radius 1 is 1.32 bits per heavy atom. The normalized spacial score (nSPS) is 13.4. The van der Waals surface area contributed by atoms with Gasteiger partial charge in [0, 0.05) is 6.07 Å². The fourth-order valence-corrected chi connectivity index (χ4v) is 2.22. The van der Waals surface area contributed by atoms with Crippen LogP contribution in [0.3, 0.4) is 0 Å². The molecule has 0 atom stereocenters. The van der Waals surface area contributed by atoms with Gasteiger partial charge in [-0.1, -0.05) is 17.3 Å². The summed E-state index contributed by atoms with van der Waals surface area (Å²) in [6.45, 7) is 1.36. The standard InChI is InChI=1S/C15H12N2O5/c1-9-6-10(16-22-9)8-21-13(18)7-17-12-5-3-2-4-11(12)14(19)15(17)20/h2-6H,7-8H2,1H3. The Morgan fingerprint density at radius 3 is 2.82 bits per heavy atom. The molecule has 1 aromatic carbocycles. The Bertz CT molecular complexity index is 765. The predicted molar refractivity (Wildman–Crippen MR) is 74.2 cm³/mol. The summed E-state index contributed by atoms with van der Waals surface area (Å²) in [6.07, 6.45) is 0. The van der Waals surface area contributed by atoms with E-state index < -0.39 is 17.7 Å². The van der Waals surface area contributed by atoms with E-state index in [4.69, 9.17) is 9.26 Å². The summed E-state index contributed by atoms with van der Waals surface area (Å²) in [5.41, 5.74) is 1.20. The summed E-state index contributed by atoms with van der Waals surface area (Å²) in [6, 6.07) is 8.18. The van der Waals surface area contributed by atoms with Gasteiger partial charge in [-0.2, -0.15) is 0 Å². The molecule has 2 aromatic rings. The quantitative estimate of drug-likeness (QED) is 0.623. The average molecular weight is 300 g/mol. The molecule has 3 rings (SSSR count). The number of hydrogen-bond acceptors (Lipinski definition) is 6. The molecule has 0 saturated carbocycles. The number of nitrogens with zero attached hydrogens (tertiary/aromatic N) is 2. The summed E-state index contributed by atoms with van der Waals surface area (Å²) in [5.74, 6) is -1.36. The first-order chi connectivity index (χ1) is 10.6. The van der Waals surface area contributed by atoms with Gasteiger partial charge in [-0.25, -0.2) is 0 Å². The molecule has 0 bridgehead atoms. The van der Waals surface area contributed by atoms with E-state index in [1.54, 1.807) is 37.3 Å².